The Morgan fingerprint density at radius 3 is 3.00 bits per heavy atom. The third-order valence-electron chi connectivity index (χ3n) is 2.03. The molecule has 0 aliphatic heterocycles. The third kappa shape index (κ3) is 3.86. The molecule has 0 spiro atoms. The lowest BCUT2D eigenvalue weighted by Crippen LogP contribution is -2.16. The highest BCUT2D eigenvalue weighted by Crippen LogP contribution is 2.13. The van der Waals surface area contributed by atoms with Gasteiger partial charge in [0.05, 0.1) is 24.9 Å². The van der Waals surface area contributed by atoms with E-state index in [4.69, 9.17) is 10.5 Å². The highest BCUT2D eigenvalue weighted by Gasteiger charge is 2.05. The van der Waals surface area contributed by atoms with Gasteiger partial charge in [0, 0.05) is 6.61 Å². The lowest BCUT2D eigenvalue weighted by Gasteiger charge is -2.07. The molecule has 16 heavy (non-hydrogen) atoms. The molecule has 88 valence electrons. The fourth-order valence-corrected chi connectivity index (χ4v) is 1.23. The van der Waals surface area contributed by atoms with Crippen molar-refractivity contribution in [3.63, 3.8) is 0 Å². The first-order valence-electron chi connectivity index (χ1n) is 5.23. The first-order valence-corrected chi connectivity index (χ1v) is 5.23. The van der Waals surface area contributed by atoms with Crippen LogP contribution in [0, 0.1) is 6.92 Å². The molecule has 0 aliphatic carbocycles. The molecule has 3 N–H and O–H groups in total. The van der Waals surface area contributed by atoms with Crippen molar-refractivity contribution >= 4 is 17.4 Å². The van der Waals surface area contributed by atoms with Crippen molar-refractivity contribution in [3.8, 4) is 0 Å². The van der Waals surface area contributed by atoms with Crippen molar-refractivity contribution in [2.45, 2.75) is 20.3 Å². The predicted molar refractivity (Wildman–Crippen MR) is 63.1 cm³/mol. The summed E-state index contributed by atoms with van der Waals surface area (Å²) in [5, 5.41) is 2.71. The van der Waals surface area contributed by atoms with Crippen LogP contribution in [0.1, 0.15) is 18.9 Å². The molecule has 0 radical (unpaired) electrons. The molecule has 5 nitrogen and oxygen atoms in total. The highest BCUT2D eigenvalue weighted by atomic mass is 16.5. The number of nitrogens with one attached hydrogen (secondary N) is 1. The quantitative estimate of drug-likeness (QED) is 0.738. The lowest BCUT2D eigenvalue weighted by atomic mass is 10.2. The van der Waals surface area contributed by atoms with Crippen LogP contribution >= 0.6 is 0 Å². The standard InChI is InChI=1S/C11H17N3O2/c1-3-16-5-4-10(15)14-11-8(2)6-9(12)7-13-11/h6-7H,3-5,12H2,1-2H3,(H,13,14,15). The Kier molecular flexibility index (Phi) is 4.72. The second-order valence-electron chi connectivity index (χ2n) is 3.43. The maximum absolute atomic E-state index is 11.5. The Labute approximate surface area is 95.0 Å². The fraction of sp³-hybridized carbons (Fsp3) is 0.455. The summed E-state index contributed by atoms with van der Waals surface area (Å²) in [5.74, 6) is 0.449. The molecule has 1 aromatic rings. The first kappa shape index (κ1) is 12.4. The van der Waals surface area contributed by atoms with E-state index in [0.29, 0.717) is 31.1 Å². The van der Waals surface area contributed by atoms with Crippen LogP contribution in [0.25, 0.3) is 0 Å². The van der Waals surface area contributed by atoms with Gasteiger partial charge in [-0.25, -0.2) is 4.98 Å². The summed E-state index contributed by atoms with van der Waals surface area (Å²) in [6.45, 7) is 4.79. The minimum atomic E-state index is -0.103. The second-order valence-corrected chi connectivity index (χ2v) is 3.43. The smallest absolute Gasteiger partial charge is 0.227 e. The number of rotatable bonds is 5. The van der Waals surface area contributed by atoms with Gasteiger partial charge in [0.2, 0.25) is 5.91 Å². The van der Waals surface area contributed by atoms with Crippen LogP contribution in [0.3, 0.4) is 0 Å². The Bertz CT molecular complexity index is 366. The molecular formula is C11H17N3O2. The van der Waals surface area contributed by atoms with Gasteiger partial charge < -0.3 is 15.8 Å². The van der Waals surface area contributed by atoms with Gasteiger partial charge in [-0.05, 0) is 25.5 Å². The van der Waals surface area contributed by atoms with Gasteiger partial charge in [-0.1, -0.05) is 0 Å². The average Bonchev–Trinajstić information content (AvgIpc) is 2.23. The van der Waals surface area contributed by atoms with Gasteiger partial charge in [-0.2, -0.15) is 0 Å². The topological polar surface area (TPSA) is 77.2 Å². The van der Waals surface area contributed by atoms with E-state index in [0.717, 1.165) is 5.56 Å². The molecule has 0 fully saturated rings. The molecule has 0 bridgehead atoms. The third-order valence-corrected chi connectivity index (χ3v) is 2.03. The molecule has 0 aromatic carbocycles. The minimum Gasteiger partial charge on any atom is -0.397 e. The van der Waals surface area contributed by atoms with E-state index in [1.165, 1.54) is 6.20 Å². The number of pyridine rings is 1. The van der Waals surface area contributed by atoms with E-state index in [-0.39, 0.29) is 5.91 Å². The normalized spacial score (nSPS) is 10.1. The zero-order chi connectivity index (χ0) is 12.0. The summed E-state index contributed by atoms with van der Waals surface area (Å²) in [6.07, 6.45) is 1.85. The largest absolute Gasteiger partial charge is 0.397 e. The number of ether oxygens (including phenoxy) is 1. The van der Waals surface area contributed by atoms with Crippen molar-refractivity contribution in [3.05, 3.63) is 17.8 Å². The Balaban J connectivity index is 2.49. The molecule has 1 heterocycles. The Morgan fingerprint density at radius 1 is 1.62 bits per heavy atom. The zero-order valence-electron chi connectivity index (χ0n) is 9.62. The van der Waals surface area contributed by atoms with Gasteiger partial charge in [0.15, 0.2) is 0 Å². The summed E-state index contributed by atoms with van der Waals surface area (Å²) in [4.78, 5) is 15.5. The number of hydrogen-bond donors (Lipinski definition) is 2. The number of amides is 1. The van der Waals surface area contributed by atoms with Crippen molar-refractivity contribution in [2.75, 3.05) is 24.3 Å². The number of anilines is 2. The first-order chi connectivity index (χ1) is 7.63. The van der Waals surface area contributed by atoms with E-state index in [9.17, 15) is 4.79 Å². The number of nitrogens with zero attached hydrogens (tertiary/aromatic N) is 1. The van der Waals surface area contributed by atoms with Gasteiger partial charge in [-0.3, -0.25) is 4.79 Å². The van der Waals surface area contributed by atoms with Crippen LogP contribution < -0.4 is 11.1 Å². The molecule has 0 saturated carbocycles. The summed E-state index contributed by atoms with van der Waals surface area (Å²) in [6, 6.07) is 1.77. The number of hydrogen-bond acceptors (Lipinski definition) is 4. The number of aryl methyl sites for hydroxylation is 1. The Morgan fingerprint density at radius 2 is 2.38 bits per heavy atom. The van der Waals surface area contributed by atoms with E-state index < -0.39 is 0 Å². The summed E-state index contributed by atoms with van der Waals surface area (Å²) >= 11 is 0. The van der Waals surface area contributed by atoms with Crippen molar-refractivity contribution in [1.29, 1.82) is 0 Å². The monoisotopic (exact) mass is 223 g/mol. The molecular weight excluding hydrogens is 206 g/mol. The van der Waals surface area contributed by atoms with Crippen LogP contribution in [0.5, 0.6) is 0 Å². The van der Waals surface area contributed by atoms with Crippen LogP contribution in [-0.2, 0) is 9.53 Å². The fourth-order valence-electron chi connectivity index (χ4n) is 1.23. The molecule has 0 unspecified atom stereocenters. The van der Waals surface area contributed by atoms with Crippen LogP contribution in [0.15, 0.2) is 12.3 Å². The zero-order valence-corrected chi connectivity index (χ0v) is 9.62. The maximum Gasteiger partial charge on any atom is 0.227 e. The van der Waals surface area contributed by atoms with Crippen molar-refractivity contribution < 1.29 is 9.53 Å². The highest BCUT2D eigenvalue weighted by molar-refractivity contribution is 5.90. The summed E-state index contributed by atoms with van der Waals surface area (Å²) in [5.41, 5.74) is 7.00. The second kappa shape index (κ2) is 6.07. The molecule has 0 atom stereocenters. The number of carbonyl (C=O) groups is 1. The van der Waals surface area contributed by atoms with Gasteiger partial charge >= 0.3 is 0 Å². The minimum absolute atomic E-state index is 0.103. The van der Waals surface area contributed by atoms with Crippen molar-refractivity contribution in [2.24, 2.45) is 0 Å². The molecule has 1 amide bonds. The van der Waals surface area contributed by atoms with E-state index >= 15 is 0 Å². The number of nitrogens with two attached hydrogens (primary N) is 1. The van der Waals surface area contributed by atoms with Gasteiger partial charge in [-0.15, -0.1) is 0 Å². The molecule has 0 saturated heterocycles. The average molecular weight is 223 g/mol. The van der Waals surface area contributed by atoms with Crippen LogP contribution in [0.4, 0.5) is 11.5 Å². The number of carbonyl (C=O) groups excluding carboxylic acids is 1. The summed E-state index contributed by atoms with van der Waals surface area (Å²) in [7, 11) is 0. The SMILES string of the molecule is CCOCCC(=O)Nc1ncc(N)cc1C. The van der Waals surface area contributed by atoms with E-state index in [1.54, 1.807) is 6.07 Å². The number of nitrogen functional groups attached to an aromatic ring is 1. The van der Waals surface area contributed by atoms with Gasteiger partial charge in [0.1, 0.15) is 5.82 Å². The molecule has 1 rings (SSSR count). The van der Waals surface area contributed by atoms with Crippen molar-refractivity contribution in [1.82, 2.24) is 4.98 Å². The van der Waals surface area contributed by atoms with E-state index in [1.807, 2.05) is 13.8 Å². The van der Waals surface area contributed by atoms with Gasteiger partial charge in [0.25, 0.3) is 0 Å². The maximum atomic E-state index is 11.5. The summed E-state index contributed by atoms with van der Waals surface area (Å²) < 4.78 is 5.09. The van der Waals surface area contributed by atoms with Crippen LogP contribution in [-0.4, -0.2) is 24.1 Å². The number of aromatic nitrogens is 1. The van der Waals surface area contributed by atoms with E-state index in [2.05, 4.69) is 10.3 Å². The van der Waals surface area contributed by atoms with Crippen LogP contribution in [0.2, 0.25) is 0 Å². The molecule has 5 heteroatoms. The molecule has 0 aliphatic rings. The predicted octanol–water partition coefficient (Wildman–Crippen LogP) is 1.34. The Hall–Kier alpha value is -1.62. The molecule has 1 aromatic heterocycles. The lowest BCUT2D eigenvalue weighted by molar-refractivity contribution is -0.117.